The lowest BCUT2D eigenvalue weighted by atomic mass is 9.95. The van der Waals surface area contributed by atoms with Crippen LogP contribution < -0.4 is 25.3 Å². The molecule has 166 valence electrons. The molecule has 0 saturated heterocycles. The van der Waals surface area contributed by atoms with Gasteiger partial charge < -0.3 is 25.3 Å². The first kappa shape index (κ1) is 21.5. The second kappa shape index (κ2) is 8.43. The van der Waals surface area contributed by atoms with Crippen LogP contribution in [0.2, 0.25) is 5.02 Å². The van der Waals surface area contributed by atoms with E-state index in [0.717, 1.165) is 5.56 Å². The monoisotopic (exact) mass is 455 g/mol. The van der Waals surface area contributed by atoms with Crippen LogP contribution in [0.25, 0.3) is 11.4 Å². The van der Waals surface area contributed by atoms with Crippen LogP contribution in [0.5, 0.6) is 17.2 Å². The van der Waals surface area contributed by atoms with Crippen LogP contribution in [0.15, 0.2) is 47.7 Å². The quantitative estimate of drug-likeness (QED) is 0.585. The number of nitrogens with zero attached hydrogens (tertiary/aromatic N) is 3. The van der Waals surface area contributed by atoms with E-state index >= 15 is 0 Å². The number of amides is 1. The summed E-state index contributed by atoms with van der Waals surface area (Å²) in [7, 11) is 4.61. The largest absolute Gasteiger partial charge is 0.493 e. The van der Waals surface area contributed by atoms with Gasteiger partial charge in [0.05, 0.1) is 26.9 Å². The van der Waals surface area contributed by atoms with Gasteiger partial charge in [0.15, 0.2) is 17.3 Å². The number of benzene rings is 2. The van der Waals surface area contributed by atoms with E-state index in [0.29, 0.717) is 50.9 Å². The molecule has 1 atom stereocenters. The Bertz CT molecular complexity index is 1190. The molecule has 0 saturated carbocycles. The maximum atomic E-state index is 12.3. The maximum Gasteiger partial charge on any atom is 0.248 e. The van der Waals surface area contributed by atoms with Crippen molar-refractivity contribution < 1.29 is 19.0 Å². The summed E-state index contributed by atoms with van der Waals surface area (Å²) < 4.78 is 17.9. The van der Waals surface area contributed by atoms with E-state index in [9.17, 15) is 4.79 Å². The molecule has 3 N–H and O–H groups in total. The first-order chi connectivity index (χ1) is 15.4. The van der Waals surface area contributed by atoms with Gasteiger partial charge in [0, 0.05) is 16.3 Å². The molecular weight excluding hydrogens is 434 g/mol. The fourth-order valence-corrected chi connectivity index (χ4v) is 3.88. The van der Waals surface area contributed by atoms with Gasteiger partial charge in [0.2, 0.25) is 17.6 Å². The molecule has 1 aliphatic heterocycles. The van der Waals surface area contributed by atoms with Crippen LogP contribution in [0.1, 0.15) is 18.5 Å². The number of nitrogens with one attached hydrogen (secondary N) is 1. The van der Waals surface area contributed by atoms with Crippen molar-refractivity contribution in [1.29, 1.82) is 0 Å². The highest BCUT2D eigenvalue weighted by Gasteiger charge is 2.33. The standard InChI is InChI=1S/C22H22ClN5O4/c1-11-17(20(24)29)18(12-5-7-14(23)8-6-12)28-22(25-11)26-21(27-28)13-9-15(30-2)19(32-4)16(10-13)31-3/h5-10,18H,1-4H3,(H2,24,29)(H,25,26,27). The molecular formula is C22H22ClN5O4. The third kappa shape index (κ3) is 3.60. The Morgan fingerprint density at radius 3 is 2.25 bits per heavy atom. The smallest absolute Gasteiger partial charge is 0.248 e. The van der Waals surface area contributed by atoms with Crippen LogP contribution in [0.4, 0.5) is 5.95 Å². The van der Waals surface area contributed by atoms with E-state index in [1.54, 1.807) is 35.9 Å². The molecule has 32 heavy (non-hydrogen) atoms. The lowest BCUT2D eigenvalue weighted by molar-refractivity contribution is -0.115. The topological polar surface area (TPSA) is 114 Å². The Kier molecular flexibility index (Phi) is 5.67. The number of nitrogens with two attached hydrogens (primary N) is 1. The average Bonchev–Trinajstić information content (AvgIpc) is 3.21. The molecule has 2 aromatic carbocycles. The highest BCUT2D eigenvalue weighted by Crippen LogP contribution is 2.42. The van der Waals surface area contributed by atoms with Gasteiger partial charge in [-0.05, 0) is 36.8 Å². The minimum atomic E-state index is -0.565. The van der Waals surface area contributed by atoms with E-state index in [1.165, 1.54) is 21.3 Å². The van der Waals surface area contributed by atoms with Crippen LogP contribution in [-0.4, -0.2) is 42.0 Å². The summed E-state index contributed by atoms with van der Waals surface area (Å²) in [6.45, 7) is 1.78. The molecule has 3 aromatic rings. The Labute approximate surface area is 189 Å². The molecule has 0 radical (unpaired) electrons. The number of carbonyl (C=O) groups excluding carboxylic acids is 1. The molecule has 2 heterocycles. The van der Waals surface area contributed by atoms with Gasteiger partial charge in [0.1, 0.15) is 6.04 Å². The Morgan fingerprint density at radius 1 is 1.09 bits per heavy atom. The zero-order chi connectivity index (χ0) is 23.0. The van der Waals surface area contributed by atoms with Gasteiger partial charge in [-0.1, -0.05) is 23.7 Å². The predicted octanol–water partition coefficient (Wildman–Crippen LogP) is 3.40. The van der Waals surface area contributed by atoms with Crippen LogP contribution in [0, 0.1) is 0 Å². The molecule has 0 aliphatic carbocycles. The van der Waals surface area contributed by atoms with Gasteiger partial charge in [-0.25, -0.2) is 4.68 Å². The number of halogens is 1. The fraction of sp³-hybridized carbons (Fsp3) is 0.227. The molecule has 1 aromatic heterocycles. The summed E-state index contributed by atoms with van der Waals surface area (Å²) in [5, 5.41) is 8.40. The van der Waals surface area contributed by atoms with Gasteiger partial charge in [-0.2, -0.15) is 4.98 Å². The van der Waals surface area contributed by atoms with Gasteiger partial charge in [-0.15, -0.1) is 5.10 Å². The second-order valence-corrected chi connectivity index (χ2v) is 7.54. The van der Waals surface area contributed by atoms with Crippen molar-refractivity contribution in [2.75, 3.05) is 26.6 Å². The normalized spacial score (nSPS) is 15.1. The minimum Gasteiger partial charge on any atom is -0.493 e. The van der Waals surface area contributed by atoms with Crippen molar-refractivity contribution in [3.05, 3.63) is 58.3 Å². The highest BCUT2D eigenvalue weighted by atomic mass is 35.5. The van der Waals surface area contributed by atoms with Crippen molar-refractivity contribution in [1.82, 2.24) is 14.8 Å². The number of methoxy groups -OCH3 is 3. The summed E-state index contributed by atoms with van der Waals surface area (Å²) in [5.74, 6) is 1.74. The zero-order valence-corrected chi connectivity index (χ0v) is 18.7. The zero-order valence-electron chi connectivity index (χ0n) is 18.0. The number of hydrogen-bond donors (Lipinski definition) is 2. The summed E-state index contributed by atoms with van der Waals surface area (Å²) in [6.07, 6.45) is 0. The lowest BCUT2D eigenvalue weighted by Crippen LogP contribution is -2.31. The minimum absolute atomic E-state index is 0.390. The maximum absolute atomic E-state index is 12.3. The molecule has 1 aliphatic rings. The summed E-state index contributed by atoms with van der Waals surface area (Å²) in [6, 6.07) is 10.1. The summed E-state index contributed by atoms with van der Waals surface area (Å²) in [5.41, 5.74) is 8.17. The number of aromatic nitrogens is 3. The molecule has 10 heteroatoms. The SMILES string of the molecule is COc1cc(-c2nc3n(n2)C(c2ccc(Cl)cc2)C(C(N)=O)=C(C)N3)cc(OC)c1OC. The molecule has 4 rings (SSSR count). The average molecular weight is 456 g/mol. The van der Waals surface area contributed by atoms with Gasteiger partial charge in [0.25, 0.3) is 0 Å². The number of fused-ring (bicyclic) bond motifs is 1. The molecule has 0 fully saturated rings. The van der Waals surface area contributed by atoms with E-state index in [4.69, 9.17) is 36.6 Å². The molecule has 0 spiro atoms. The van der Waals surface area contributed by atoms with Crippen molar-refractivity contribution in [2.24, 2.45) is 5.73 Å². The highest BCUT2D eigenvalue weighted by molar-refractivity contribution is 6.30. The third-order valence-corrected chi connectivity index (χ3v) is 5.48. The van der Waals surface area contributed by atoms with Crippen molar-refractivity contribution >= 4 is 23.5 Å². The number of rotatable bonds is 6. The summed E-state index contributed by atoms with van der Waals surface area (Å²) >= 11 is 6.06. The molecule has 0 bridgehead atoms. The number of anilines is 1. The number of carbonyl (C=O) groups is 1. The van der Waals surface area contributed by atoms with E-state index < -0.39 is 11.9 Å². The van der Waals surface area contributed by atoms with Crippen LogP contribution in [-0.2, 0) is 4.79 Å². The Balaban J connectivity index is 1.88. The predicted molar refractivity (Wildman–Crippen MR) is 120 cm³/mol. The Morgan fingerprint density at radius 2 is 1.72 bits per heavy atom. The van der Waals surface area contributed by atoms with Crippen LogP contribution in [0.3, 0.4) is 0 Å². The van der Waals surface area contributed by atoms with Gasteiger partial charge in [-0.3, -0.25) is 4.79 Å². The number of ether oxygens (including phenoxy) is 3. The van der Waals surface area contributed by atoms with E-state index in [1.807, 2.05) is 12.1 Å². The second-order valence-electron chi connectivity index (χ2n) is 7.10. The molecule has 1 unspecified atom stereocenters. The summed E-state index contributed by atoms with van der Waals surface area (Å²) in [4.78, 5) is 17.0. The molecule has 1 amide bonds. The number of allylic oxidation sites excluding steroid dienone is 1. The number of hydrogen-bond acceptors (Lipinski definition) is 7. The first-order valence-corrected chi connectivity index (χ1v) is 10.1. The van der Waals surface area contributed by atoms with Crippen molar-refractivity contribution in [2.45, 2.75) is 13.0 Å². The fourth-order valence-electron chi connectivity index (χ4n) is 3.76. The third-order valence-electron chi connectivity index (χ3n) is 5.23. The first-order valence-electron chi connectivity index (χ1n) is 9.67. The lowest BCUT2D eigenvalue weighted by Gasteiger charge is -2.27. The van der Waals surface area contributed by atoms with E-state index in [-0.39, 0.29) is 0 Å². The van der Waals surface area contributed by atoms with Crippen molar-refractivity contribution in [3.63, 3.8) is 0 Å². The van der Waals surface area contributed by atoms with Gasteiger partial charge >= 0.3 is 0 Å². The number of primary amides is 1. The molecule has 9 nitrogen and oxygen atoms in total. The van der Waals surface area contributed by atoms with Crippen molar-refractivity contribution in [3.8, 4) is 28.6 Å². The van der Waals surface area contributed by atoms with E-state index in [2.05, 4.69) is 10.3 Å². The Hall–Kier alpha value is -3.72. The van der Waals surface area contributed by atoms with Crippen LogP contribution >= 0.6 is 11.6 Å².